The van der Waals surface area contributed by atoms with Gasteiger partial charge in [0.25, 0.3) is 7.12 Å². The van der Waals surface area contributed by atoms with Crippen LogP contribution < -0.4 is 0 Å². The van der Waals surface area contributed by atoms with E-state index >= 15 is 0 Å². The maximum absolute atomic E-state index is 4.99. The second-order valence-electron chi connectivity index (χ2n) is 11.9. The second kappa shape index (κ2) is 7.39. The van der Waals surface area contributed by atoms with E-state index in [1.54, 1.807) is 0 Å². The summed E-state index contributed by atoms with van der Waals surface area (Å²) >= 11 is 0. The molecule has 0 atom stereocenters. The zero-order chi connectivity index (χ0) is 23.5. The summed E-state index contributed by atoms with van der Waals surface area (Å²) in [4.78, 5) is 0. The summed E-state index contributed by atoms with van der Waals surface area (Å²) < 4.78 is 6.37. The fourth-order valence-electron chi connectivity index (χ4n) is 4.07. The number of hydrogen-bond acceptors (Lipinski definition) is 3. The Kier molecular flexibility index (Phi) is 5.57. The molecule has 7 heteroatoms. The Balaban J connectivity index is 2.43. The number of aromatic nitrogens is 6. The first-order chi connectivity index (χ1) is 14.0. The predicted octanol–water partition coefficient (Wildman–Crippen LogP) is 5.02. The highest BCUT2D eigenvalue weighted by molar-refractivity contribution is 6.53. The largest absolute Gasteiger partial charge is 0.422 e. The normalized spacial score (nSPS) is 13.5. The summed E-state index contributed by atoms with van der Waals surface area (Å²) in [6, 6.07) is 6.56. The first-order valence-electron chi connectivity index (χ1n) is 11.2. The first-order valence-corrected chi connectivity index (χ1v) is 11.2. The SMILES string of the molecule is Cc1cc(C(C)(C)C)n([B-](n2nc(C)cc2C(C)(C)C)n2nc(C)cc2C(C)(C)C)n1. The molecule has 0 unspecified atom stereocenters. The van der Waals surface area contributed by atoms with E-state index in [2.05, 4.69) is 115 Å². The minimum atomic E-state index is -0.325. The van der Waals surface area contributed by atoms with E-state index in [4.69, 9.17) is 15.3 Å². The van der Waals surface area contributed by atoms with Crippen LogP contribution in [-0.4, -0.2) is 36.2 Å². The topological polar surface area (TPSA) is 53.5 Å². The van der Waals surface area contributed by atoms with Crippen molar-refractivity contribution >= 4 is 7.12 Å². The summed E-state index contributed by atoms with van der Waals surface area (Å²) in [6.45, 7) is 26.2. The van der Waals surface area contributed by atoms with Crippen molar-refractivity contribution in [2.75, 3.05) is 0 Å². The van der Waals surface area contributed by atoms with Crippen LogP contribution in [0.5, 0.6) is 0 Å². The monoisotopic (exact) mass is 422 g/mol. The number of nitrogens with zero attached hydrogens (tertiary/aromatic N) is 6. The number of hydrogen-bond donors (Lipinski definition) is 0. The van der Waals surface area contributed by atoms with Gasteiger partial charge in [0.1, 0.15) is 0 Å². The Morgan fingerprint density at radius 2 is 0.742 bits per heavy atom. The van der Waals surface area contributed by atoms with E-state index in [9.17, 15) is 0 Å². The summed E-state index contributed by atoms with van der Waals surface area (Å²) in [5, 5.41) is 15.0. The van der Waals surface area contributed by atoms with Crippen molar-refractivity contribution < 1.29 is 0 Å². The van der Waals surface area contributed by atoms with Crippen molar-refractivity contribution in [1.29, 1.82) is 0 Å². The molecule has 169 valence electrons. The zero-order valence-corrected chi connectivity index (χ0v) is 21.5. The van der Waals surface area contributed by atoms with E-state index in [-0.39, 0.29) is 23.4 Å². The van der Waals surface area contributed by atoms with Gasteiger partial charge in [-0.1, -0.05) is 62.3 Å². The van der Waals surface area contributed by atoms with Crippen LogP contribution in [0.25, 0.3) is 0 Å². The van der Waals surface area contributed by atoms with Crippen LogP contribution in [0.3, 0.4) is 0 Å². The van der Waals surface area contributed by atoms with Crippen molar-refractivity contribution in [3.05, 3.63) is 52.4 Å². The lowest BCUT2D eigenvalue weighted by Crippen LogP contribution is -2.49. The van der Waals surface area contributed by atoms with Gasteiger partial charge in [-0.25, -0.2) is 15.3 Å². The average Bonchev–Trinajstić information content (AvgIpc) is 3.24. The van der Waals surface area contributed by atoms with Gasteiger partial charge < -0.3 is 13.8 Å². The molecule has 3 aromatic heterocycles. The molecule has 6 nitrogen and oxygen atoms in total. The maximum Gasteiger partial charge on any atom is 0.261 e. The Morgan fingerprint density at radius 3 is 0.935 bits per heavy atom. The maximum atomic E-state index is 4.99. The lowest BCUT2D eigenvalue weighted by molar-refractivity contribution is 0.516. The molecule has 3 aromatic rings. The molecule has 0 aliphatic rings. The van der Waals surface area contributed by atoms with Crippen molar-refractivity contribution in [1.82, 2.24) is 29.1 Å². The molecule has 31 heavy (non-hydrogen) atoms. The van der Waals surface area contributed by atoms with Gasteiger partial charge in [-0.15, -0.1) is 0 Å². The van der Waals surface area contributed by atoms with Crippen molar-refractivity contribution in [2.45, 2.75) is 99.3 Å². The molecule has 1 radical (unpaired) electrons. The fraction of sp³-hybridized carbons (Fsp3) is 0.625. The Morgan fingerprint density at radius 1 is 0.516 bits per heavy atom. The third-order valence-electron chi connectivity index (χ3n) is 5.54. The molecule has 0 saturated carbocycles. The minimum absolute atomic E-state index is 0.0757. The molecule has 0 spiro atoms. The summed E-state index contributed by atoms with van der Waals surface area (Å²) in [6.07, 6.45) is 0. The van der Waals surface area contributed by atoms with Crippen LogP contribution in [0.4, 0.5) is 0 Å². The minimum Gasteiger partial charge on any atom is -0.422 e. The molecule has 0 fully saturated rings. The highest BCUT2D eigenvalue weighted by Crippen LogP contribution is 2.30. The van der Waals surface area contributed by atoms with E-state index in [0.717, 1.165) is 34.2 Å². The van der Waals surface area contributed by atoms with E-state index in [1.807, 2.05) is 0 Å². The van der Waals surface area contributed by atoms with Crippen molar-refractivity contribution in [2.24, 2.45) is 0 Å². The van der Waals surface area contributed by atoms with Gasteiger partial charge in [-0.3, -0.25) is 0 Å². The van der Waals surface area contributed by atoms with Gasteiger partial charge in [0.05, 0.1) is 17.1 Å². The molecule has 0 aliphatic heterocycles. The highest BCUT2D eigenvalue weighted by Gasteiger charge is 2.29. The number of aryl methyl sites for hydroxylation is 3. The Bertz CT molecular complexity index is 941. The molecule has 0 aromatic carbocycles. The molecular formula is C24H39BN6-. The van der Waals surface area contributed by atoms with Gasteiger partial charge in [-0.05, 0) is 55.2 Å². The van der Waals surface area contributed by atoms with E-state index in [0.29, 0.717) is 0 Å². The zero-order valence-electron chi connectivity index (χ0n) is 21.5. The molecule has 0 amide bonds. The lowest BCUT2D eigenvalue weighted by atomic mass is 9.82. The smallest absolute Gasteiger partial charge is 0.261 e. The van der Waals surface area contributed by atoms with Crippen LogP contribution in [0.2, 0.25) is 0 Å². The van der Waals surface area contributed by atoms with Gasteiger partial charge in [0, 0.05) is 17.1 Å². The third-order valence-corrected chi connectivity index (χ3v) is 5.54. The molecule has 3 rings (SSSR count). The molecule has 0 aliphatic carbocycles. The first kappa shape index (κ1) is 23.4. The van der Waals surface area contributed by atoms with Crippen molar-refractivity contribution in [3.8, 4) is 0 Å². The second-order valence-corrected chi connectivity index (χ2v) is 11.9. The van der Waals surface area contributed by atoms with Gasteiger partial charge in [0.15, 0.2) is 0 Å². The van der Waals surface area contributed by atoms with Gasteiger partial charge in [0.2, 0.25) is 0 Å². The van der Waals surface area contributed by atoms with Crippen LogP contribution in [-0.2, 0) is 16.2 Å². The fourth-order valence-corrected chi connectivity index (χ4v) is 4.07. The third kappa shape index (κ3) is 4.51. The van der Waals surface area contributed by atoms with Crippen LogP contribution in [0.1, 0.15) is 96.5 Å². The van der Waals surface area contributed by atoms with Crippen molar-refractivity contribution in [3.63, 3.8) is 0 Å². The number of rotatable bonds is 3. The molecule has 0 bridgehead atoms. The van der Waals surface area contributed by atoms with Gasteiger partial charge >= 0.3 is 0 Å². The van der Waals surface area contributed by atoms with Gasteiger partial charge in [-0.2, -0.15) is 0 Å². The van der Waals surface area contributed by atoms with Crippen LogP contribution in [0, 0.1) is 20.8 Å². The highest BCUT2D eigenvalue weighted by atomic mass is 15.5. The molecule has 3 heterocycles. The average molecular weight is 422 g/mol. The Hall–Kier alpha value is -2.31. The quantitative estimate of drug-likeness (QED) is 0.557. The molecule has 0 saturated heterocycles. The summed E-state index contributed by atoms with van der Waals surface area (Å²) in [5.74, 6) is 0. The molecular weight excluding hydrogens is 383 g/mol. The predicted molar refractivity (Wildman–Crippen MR) is 129 cm³/mol. The lowest BCUT2D eigenvalue weighted by Gasteiger charge is -2.40. The molecule has 0 N–H and O–H groups in total. The Labute approximate surface area is 188 Å². The van der Waals surface area contributed by atoms with E-state index < -0.39 is 0 Å². The standard InChI is InChI=1S/C24H39BN6/c1-16-13-19(22(4,5)6)29(26-16)25(30-20(23(7,8)9)14-17(2)27-30)31-21(24(10,11)12)15-18(3)28-31/h13-15H,1-12H3/q-1. The van der Waals surface area contributed by atoms with Crippen LogP contribution >= 0.6 is 0 Å². The van der Waals surface area contributed by atoms with Crippen LogP contribution in [0.15, 0.2) is 18.2 Å². The summed E-state index contributed by atoms with van der Waals surface area (Å²) in [7, 11) is -0.325. The summed E-state index contributed by atoms with van der Waals surface area (Å²) in [5.41, 5.74) is 6.25. The van der Waals surface area contributed by atoms with E-state index in [1.165, 1.54) is 0 Å².